The van der Waals surface area contributed by atoms with Gasteiger partial charge in [0.05, 0.1) is 0 Å². The van der Waals surface area contributed by atoms with Crippen LogP contribution in [-0.2, 0) is 4.79 Å². The summed E-state index contributed by atoms with van der Waals surface area (Å²) in [6, 6.07) is -0.369. The first kappa shape index (κ1) is 8.97. The van der Waals surface area contributed by atoms with E-state index < -0.39 is 5.97 Å². The molecule has 0 amide bonds. The van der Waals surface area contributed by atoms with Crippen LogP contribution in [0.5, 0.6) is 0 Å². The van der Waals surface area contributed by atoms with E-state index in [1.54, 1.807) is 0 Å². The van der Waals surface area contributed by atoms with E-state index in [1.165, 1.54) is 12.8 Å². The first-order chi connectivity index (χ1) is 6.12. The van der Waals surface area contributed by atoms with Gasteiger partial charge in [0.2, 0.25) is 0 Å². The van der Waals surface area contributed by atoms with E-state index in [9.17, 15) is 4.79 Å². The molecule has 2 aliphatic heterocycles. The summed E-state index contributed by atoms with van der Waals surface area (Å²) >= 11 is 0. The molecule has 0 radical (unpaired) electrons. The van der Waals surface area contributed by atoms with E-state index in [2.05, 4.69) is 17.1 Å². The smallest absolute Gasteiger partial charge is 0.322 e. The maximum atomic E-state index is 10.8. The molecule has 2 atom stereocenters. The number of carboxylic acids is 1. The molecule has 2 saturated heterocycles. The van der Waals surface area contributed by atoms with Crippen LogP contribution >= 0.6 is 0 Å². The van der Waals surface area contributed by atoms with Crippen LogP contribution in [0, 0.1) is 0 Å². The van der Waals surface area contributed by atoms with Crippen molar-refractivity contribution >= 4 is 5.97 Å². The summed E-state index contributed by atoms with van der Waals surface area (Å²) in [5.74, 6) is -0.728. The monoisotopic (exact) mass is 184 g/mol. The number of hydrogen-bond donors (Lipinski definition) is 2. The zero-order valence-electron chi connectivity index (χ0n) is 7.92. The lowest BCUT2D eigenvalue weighted by atomic mass is 9.95. The van der Waals surface area contributed by atoms with E-state index in [0.29, 0.717) is 6.54 Å². The molecule has 74 valence electrons. The molecule has 13 heavy (non-hydrogen) atoms. The number of nitrogens with one attached hydrogen (secondary N) is 1. The van der Waals surface area contributed by atoms with Crippen LogP contribution in [0.15, 0.2) is 0 Å². The fourth-order valence-corrected chi connectivity index (χ4v) is 2.38. The Kier molecular flexibility index (Phi) is 2.04. The summed E-state index contributed by atoms with van der Waals surface area (Å²) in [5.41, 5.74) is 0.214. The minimum Gasteiger partial charge on any atom is -0.480 e. The van der Waals surface area contributed by atoms with Crippen molar-refractivity contribution in [2.24, 2.45) is 0 Å². The number of hydrogen-bond acceptors (Lipinski definition) is 3. The quantitative estimate of drug-likeness (QED) is 0.597. The van der Waals surface area contributed by atoms with Gasteiger partial charge in [-0.25, -0.2) is 0 Å². The van der Waals surface area contributed by atoms with E-state index in [-0.39, 0.29) is 11.6 Å². The number of carbonyl (C=O) groups is 1. The molecule has 4 heteroatoms. The fraction of sp³-hybridized carbons (Fsp3) is 0.889. The Balaban J connectivity index is 2.06. The standard InChI is InChI=1S/C9H16N2O2/c1-9-3-2-4-11(9)5-7(8(12)13)10-6-9/h7,10H,2-6H2,1H3,(H,12,13)/t7-,9+/m0/s1. The summed E-state index contributed by atoms with van der Waals surface area (Å²) in [5, 5.41) is 11.9. The summed E-state index contributed by atoms with van der Waals surface area (Å²) in [7, 11) is 0. The highest BCUT2D eigenvalue weighted by atomic mass is 16.4. The predicted octanol–water partition coefficient (Wildman–Crippen LogP) is -0.103. The second kappa shape index (κ2) is 2.96. The third kappa shape index (κ3) is 1.44. The summed E-state index contributed by atoms with van der Waals surface area (Å²) in [6.07, 6.45) is 2.39. The normalized spacial score (nSPS) is 40.2. The molecule has 2 heterocycles. The second-order valence-electron chi connectivity index (χ2n) is 4.32. The Hall–Kier alpha value is -0.610. The third-order valence-electron chi connectivity index (χ3n) is 3.34. The Morgan fingerprint density at radius 3 is 3.15 bits per heavy atom. The molecule has 2 N–H and O–H groups in total. The van der Waals surface area contributed by atoms with E-state index >= 15 is 0 Å². The molecular formula is C9H16N2O2. The number of nitrogens with zero attached hydrogens (tertiary/aromatic N) is 1. The molecule has 0 unspecified atom stereocenters. The Labute approximate surface area is 77.9 Å². The van der Waals surface area contributed by atoms with Gasteiger partial charge in [0.1, 0.15) is 6.04 Å². The molecule has 2 fully saturated rings. The minimum atomic E-state index is -0.728. The zero-order chi connectivity index (χ0) is 9.47. The number of rotatable bonds is 1. The summed E-state index contributed by atoms with van der Waals surface area (Å²) in [6.45, 7) is 4.74. The van der Waals surface area contributed by atoms with Gasteiger partial charge in [-0.3, -0.25) is 9.69 Å². The highest BCUT2D eigenvalue weighted by Crippen LogP contribution is 2.30. The molecule has 0 aromatic rings. The summed E-state index contributed by atoms with van der Waals surface area (Å²) in [4.78, 5) is 13.1. The van der Waals surface area contributed by atoms with Crippen LogP contribution < -0.4 is 5.32 Å². The lowest BCUT2D eigenvalue weighted by molar-refractivity contribution is -0.141. The van der Waals surface area contributed by atoms with E-state index in [4.69, 9.17) is 5.11 Å². The molecule has 4 nitrogen and oxygen atoms in total. The van der Waals surface area contributed by atoms with Crippen molar-refractivity contribution in [1.29, 1.82) is 0 Å². The number of piperazine rings is 1. The first-order valence-electron chi connectivity index (χ1n) is 4.83. The highest BCUT2D eigenvalue weighted by Gasteiger charge is 2.42. The lowest BCUT2D eigenvalue weighted by Crippen LogP contribution is -2.62. The maximum absolute atomic E-state index is 10.8. The van der Waals surface area contributed by atoms with Crippen LogP contribution in [0.3, 0.4) is 0 Å². The van der Waals surface area contributed by atoms with Gasteiger partial charge in [0, 0.05) is 18.6 Å². The molecular weight excluding hydrogens is 168 g/mol. The van der Waals surface area contributed by atoms with Gasteiger partial charge in [-0.15, -0.1) is 0 Å². The van der Waals surface area contributed by atoms with Crippen LogP contribution in [0.1, 0.15) is 19.8 Å². The SMILES string of the molecule is C[C@]12CCCN1C[C@@H](C(=O)O)NC2. The molecule has 0 aliphatic carbocycles. The summed E-state index contributed by atoms with van der Waals surface area (Å²) < 4.78 is 0. The molecule has 0 aromatic carbocycles. The van der Waals surface area contributed by atoms with Crippen LogP contribution in [0.25, 0.3) is 0 Å². The molecule has 0 spiro atoms. The van der Waals surface area contributed by atoms with Gasteiger partial charge in [0.15, 0.2) is 0 Å². The maximum Gasteiger partial charge on any atom is 0.322 e. The topological polar surface area (TPSA) is 52.6 Å². The Morgan fingerprint density at radius 2 is 2.46 bits per heavy atom. The van der Waals surface area contributed by atoms with Crippen molar-refractivity contribution in [2.75, 3.05) is 19.6 Å². The van der Waals surface area contributed by atoms with Crippen LogP contribution in [-0.4, -0.2) is 47.2 Å². The van der Waals surface area contributed by atoms with Gasteiger partial charge >= 0.3 is 5.97 Å². The third-order valence-corrected chi connectivity index (χ3v) is 3.34. The van der Waals surface area contributed by atoms with Gasteiger partial charge in [-0.1, -0.05) is 0 Å². The van der Waals surface area contributed by atoms with E-state index in [0.717, 1.165) is 13.1 Å². The Bertz CT molecular complexity index is 232. The van der Waals surface area contributed by atoms with Crippen LogP contribution in [0.4, 0.5) is 0 Å². The molecule has 2 aliphatic rings. The number of carboxylic acid groups (broad SMARTS) is 1. The van der Waals surface area contributed by atoms with Crippen molar-refractivity contribution in [3.05, 3.63) is 0 Å². The second-order valence-corrected chi connectivity index (χ2v) is 4.32. The molecule has 0 aromatic heterocycles. The molecule has 2 rings (SSSR count). The minimum absolute atomic E-state index is 0.214. The lowest BCUT2D eigenvalue weighted by Gasteiger charge is -2.42. The first-order valence-corrected chi connectivity index (χ1v) is 4.83. The van der Waals surface area contributed by atoms with Gasteiger partial charge in [-0.2, -0.15) is 0 Å². The van der Waals surface area contributed by atoms with Crippen molar-refractivity contribution < 1.29 is 9.90 Å². The van der Waals surface area contributed by atoms with Gasteiger partial charge in [0.25, 0.3) is 0 Å². The number of aliphatic carboxylic acids is 1. The molecule has 0 saturated carbocycles. The zero-order valence-corrected chi connectivity index (χ0v) is 7.92. The van der Waals surface area contributed by atoms with Crippen molar-refractivity contribution in [1.82, 2.24) is 10.2 Å². The van der Waals surface area contributed by atoms with Gasteiger partial charge in [-0.05, 0) is 26.3 Å². The molecule has 0 bridgehead atoms. The average molecular weight is 184 g/mol. The van der Waals surface area contributed by atoms with Crippen LogP contribution in [0.2, 0.25) is 0 Å². The number of fused-ring (bicyclic) bond motifs is 1. The predicted molar refractivity (Wildman–Crippen MR) is 48.6 cm³/mol. The fourth-order valence-electron chi connectivity index (χ4n) is 2.38. The average Bonchev–Trinajstić information content (AvgIpc) is 2.44. The highest BCUT2D eigenvalue weighted by molar-refractivity contribution is 5.74. The largest absolute Gasteiger partial charge is 0.480 e. The van der Waals surface area contributed by atoms with E-state index in [1.807, 2.05) is 0 Å². The van der Waals surface area contributed by atoms with Crippen molar-refractivity contribution in [3.63, 3.8) is 0 Å². The van der Waals surface area contributed by atoms with Crippen molar-refractivity contribution in [3.8, 4) is 0 Å². The van der Waals surface area contributed by atoms with Gasteiger partial charge < -0.3 is 10.4 Å². The Morgan fingerprint density at radius 1 is 1.69 bits per heavy atom. The van der Waals surface area contributed by atoms with Crippen molar-refractivity contribution in [2.45, 2.75) is 31.3 Å².